The van der Waals surface area contributed by atoms with Crippen molar-refractivity contribution < 1.29 is 5.11 Å². The van der Waals surface area contributed by atoms with Crippen LogP contribution in [0.2, 0.25) is 0 Å². The lowest BCUT2D eigenvalue weighted by Gasteiger charge is -1.79. The van der Waals surface area contributed by atoms with Gasteiger partial charge in [0.05, 0.1) is 0 Å². The minimum Gasteiger partial charge on any atom is -0.397 e. The van der Waals surface area contributed by atoms with Gasteiger partial charge in [0.1, 0.15) is 0 Å². The molecule has 52 valence electrons. The van der Waals surface area contributed by atoms with Gasteiger partial charge in [-0.05, 0) is 6.92 Å². The molecular formula is C7H18O. The second-order valence-electron chi connectivity index (χ2n) is 1.67. The zero-order valence-corrected chi connectivity index (χ0v) is 6.28. The molecule has 8 heavy (non-hydrogen) atoms. The fourth-order valence-electron chi connectivity index (χ4n) is 0.354. The van der Waals surface area contributed by atoms with E-state index >= 15 is 0 Å². The third-order valence-electron chi connectivity index (χ3n) is 0.707. The molecule has 0 saturated carbocycles. The minimum absolute atomic E-state index is 0.250. The van der Waals surface area contributed by atoms with Crippen molar-refractivity contribution in [2.24, 2.45) is 0 Å². The lowest BCUT2D eigenvalue weighted by atomic mass is 10.3. The van der Waals surface area contributed by atoms with Gasteiger partial charge in [0, 0.05) is 6.61 Å². The summed E-state index contributed by atoms with van der Waals surface area (Å²) < 4.78 is 0. The predicted molar refractivity (Wildman–Crippen MR) is 38.0 cm³/mol. The van der Waals surface area contributed by atoms with Gasteiger partial charge in [0.2, 0.25) is 0 Å². The molecule has 0 bridgehead atoms. The number of rotatable bonds is 2. The molecule has 0 atom stereocenters. The van der Waals surface area contributed by atoms with Gasteiger partial charge in [-0.15, -0.1) is 0 Å². The maximum atomic E-state index is 7.57. The summed E-state index contributed by atoms with van der Waals surface area (Å²) >= 11 is 0. The van der Waals surface area contributed by atoms with Crippen molar-refractivity contribution in [2.45, 2.75) is 40.0 Å². The summed E-state index contributed by atoms with van der Waals surface area (Å²) in [5.74, 6) is 0. The second kappa shape index (κ2) is 15.8. The van der Waals surface area contributed by atoms with Crippen LogP contribution in [0, 0.1) is 0 Å². The average Bonchev–Trinajstić information content (AvgIpc) is 1.71. The van der Waals surface area contributed by atoms with Gasteiger partial charge in [0.15, 0.2) is 0 Å². The van der Waals surface area contributed by atoms with Crippen LogP contribution in [0.4, 0.5) is 0 Å². The van der Waals surface area contributed by atoms with Crippen molar-refractivity contribution in [2.75, 3.05) is 6.61 Å². The quantitative estimate of drug-likeness (QED) is 0.589. The summed E-state index contributed by atoms with van der Waals surface area (Å²) in [6, 6.07) is 0. The SMILES string of the molecule is CCCCC.CCO. The van der Waals surface area contributed by atoms with Crippen molar-refractivity contribution in [3.8, 4) is 0 Å². The Bertz CT molecular complexity index is 18.3. The molecule has 1 nitrogen and oxygen atoms in total. The normalized spacial score (nSPS) is 7.50. The van der Waals surface area contributed by atoms with Gasteiger partial charge in [0.25, 0.3) is 0 Å². The van der Waals surface area contributed by atoms with Crippen LogP contribution >= 0.6 is 0 Å². The smallest absolute Gasteiger partial charge is 0.0402 e. The predicted octanol–water partition coefficient (Wildman–Crippen LogP) is 2.20. The minimum atomic E-state index is 0.250. The van der Waals surface area contributed by atoms with E-state index in [1.165, 1.54) is 19.3 Å². The van der Waals surface area contributed by atoms with E-state index in [0.717, 1.165) is 0 Å². The van der Waals surface area contributed by atoms with Crippen LogP contribution in [0.15, 0.2) is 0 Å². The summed E-state index contributed by atoms with van der Waals surface area (Å²) in [5, 5.41) is 7.57. The molecule has 1 heteroatoms. The summed E-state index contributed by atoms with van der Waals surface area (Å²) in [5.41, 5.74) is 0. The van der Waals surface area contributed by atoms with Crippen molar-refractivity contribution >= 4 is 0 Å². The molecule has 0 aromatic heterocycles. The fourth-order valence-corrected chi connectivity index (χ4v) is 0.354. The van der Waals surface area contributed by atoms with Crippen LogP contribution in [-0.4, -0.2) is 11.7 Å². The van der Waals surface area contributed by atoms with Crippen LogP contribution in [0.5, 0.6) is 0 Å². The van der Waals surface area contributed by atoms with Crippen molar-refractivity contribution in [3.63, 3.8) is 0 Å². The highest BCUT2D eigenvalue weighted by Gasteiger charge is 1.68. The Morgan fingerprint density at radius 2 is 1.25 bits per heavy atom. The van der Waals surface area contributed by atoms with E-state index in [9.17, 15) is 0 Å². The number of aliphatic hydroxyl groups excluding tert-OH is 1. The number of unbranched alkanes of at least 4 members (excludes halogenated alkanes) is 2. The molecule has 0 radical (unpaired) electrons. The molecule has 0 spiro atoms. The van der Waals surface area contributed by atoms with Crippen molar-refractivity contribution in [1.29, 1.82) is 0 Å². The van der Waals surface area contributed by atoms with E-state index in [2.05, 4.69) is 13.8 Å². The van der Waals surface area contributed by atoms with Gasteiger partial charge < -0.3 is 5.11 Å². The highest BCUT2D eigenvalue weighted by atomic mass is 16.2. The first kappa shape index (κ1) is 10.9. The summed E-state index contributed by atoms with van der Waals surface area (Å²) in [7, 11) is 0. The molecule has 0 unspecified atom stereocenters. The summed E-state index contributed by atoms with van der Waals surface area (Å²) in [6.07, 6.45) is 4.08. The van der Waals surface area contributed by atoms with Crippen LogP contribution < -0.4 is 0 Å². The van der Waals surface area contributed by atoms with Crippen LogP contribution in [0.25, 0.3) is 0 Å². The van der Waals surface area contributed by atoms with E-state index in [1.807, 2.05) is 0 Å². The lowest BCUT2D eigenvalue weighted by Crippen LogP contribution is -1.59. The van der Waals surface area contributed by atoms with E-state index in [4.69, 9.17) is 5.11 Å². The van der Waals surface area contributed by atoms with Crippen LogP contribution in [0.1, 0.15) is 40.0 Å². The molecule has 0 heterocycles. The number of hydrogen-bond acceptors (Lipinski definition) is 1. The molecule has 0 amide bonds. The molecule has 0 aliphatic carbocycles. The molecule has 0 aliphatic heterocycles. The van der Waals surface area contributed by atoms with Crippen molar-refractivity contribution in [3.05, 3.63) is 0 Å². The summed E-state index contributed by atoms with van der Waals surface area (Å²) in [6.45, 7) is 6.35. The maximum absolute atomic E-state index is 7.57. The highest BCUT2D eigenvalue weighted by molar-refractivity contribution is 4.24. The highest BCUT2D eigenvalue weighted by Crippen LogP contribution is 1.88. The fraction of sp³-hybridized carbons (Fsp3) is 1.00. The molecule has 0 aromatic rings. The molecule has 0 fully saturated rings. The molecular weight excluding hydrogens is 100 g/mol. The zero-order chi connectivity index (χ0) is 6.83. The Hall–Kier alpha value is -0.0400. The Kier molecular flexibility index (Phi) is 21.4. The first-order chi connectivity index (χ1) is 3.83. The molecule has 0 aromatic carbocycles. The molecule has 0 aliphatic rings. The van der Waals surface area contributed by atoms with Gasteiger partial charge in [-0.25, -0.2) is 0 Å². The molecule has 0 saturated heterocycles. The van der Waals surface area contributed by atoms with Gasteiger partial charge in [-0.3, -0.25) is 0 Å². The first-order valence-corrected chi connectivity index (χ1v) is 3.44. The Morgan fingerprint density at radius 1 is 1.00 bits per heavy atom. The lowest BCUT2D eigenvalue weighted by molar-refractivity contribution is 0.318. The van der Waals surface area contributed by atoms with E-state index < -0.39 is 0 Å². The first-order valence-electron chi connectivity index (χ1n) is 3.44. The standard InChI is InChI=1S/C5H12.C2H6O/c1-3-5-4-2;1-2-3/h3-5H2,1-2H3;3H,2H2,1H3. The van der Waals surface area contributed by atoms with E-state index in [-0.39, 0.29) is 6.61 Å². The van der Waals surface area contributed by atoms with E-state index in [0.29, 0.717) is 0 Å². The second-order valence-corrected chi connectivity index (χ2v) is 1.67. The van der Waals surface area contributed by atoms with Gasteiger partial charge in [-0.2, -0.15) is 0 Å². The van der Waals surface area contributed by atoms with Crippen molar-refractivity contribution in [1.82, 2.24) is 0 Å². The Balaban J connectivity index is 0. The van der Waals surface area contributed by atoms with Crippen LogP contribution in [-0.2, 0) is 0 Å². The third kappa shape index (κ3) is 38.2. The Labute approximate surface area is 52.7 Å². The maximum Gasteiger partial charge on any atom is 0.0402 e. The number of hydrogen-bond donors (Lipinski definition) is 1. The monoisotopic (exact) mass is 118 g/mol. The zero-order valence-electron chi connectivity index (χ0n) is 6.28. The van der Waals surface area contributed by atoms with E-state index in [1.54, 1.807) is 6.92 Å². The molecule has 1 N–H and O–H groups in total. The van der Waals surface area contributed by atoms with Gasteiger partial charge in [-0.1, -0.05) is 33.1 Å². The largest absolute Gasteiger partial charge is 0.397 e. The summed E-state index contributed by atoms with van der Waals surface area (Å²) in [4.78, 5) is 0. The number of aliphatic hydroxyl groups is 1. The molecule has 0 rings (SSSR count). The van der Waals surface area contributed by atoms with Crippen LogP contribution in [0.3, 0.4) is 0 Å². The average molecular weight is 118 g/mol. The topological polar surface area (TPSA) is 20.2 Å². The third-order valence-corrected chi connectivity index (χ3v) is 0.707. The Morgan fingerprint density at radius 3 is 1.25 bits per heavy atom. The van der Waals surface area contributed by atoms with Gasteiger partial charge >= 0.3 is 0 Å².